The summed E-state index contributed by atoms with van der Waals surface area (Å²) in [5, 5.41) is 15.3. The van der Waals surface area contributed by atoms with Crippen molar-refractivity contribution in [3.05, 3.63) is 82.2 Å². The van der Waals surface area contributed by atoms with Gasteiger partial charge in [0, 0.05) is 18.7 Å². The molecule has 3 rings (SSSR count). The van der Waals surface area contributed by atoms with Crippen molar-refractivity contribution in [2.45, 2.75) is 13.0 Å². The lowest BCUT2D eigenvalue weighted by atomic mass is 10.1. The van der Waals surface area contributed by atoms with Gasteiger partial charge in [-0.1, -0.05) is 12.1 Å². The van der Waals surface area contributed by atoms with Crippen molar-refractivity contribution in [3.8, 4) is 5.69 Å². The monoisotopic (exact) mass is 369 g/mol. The number of carbonyl (C=O) groups excluding carboxylic acids is 1. The van der Waals surface area contributed by atoms with Crippen molar-refractivity contribution in [1.82, 2.24) is 19.7 Å². The highest BCUT2D eigenvalue weighted by Gasteiger charge is 2.23. The SMILES string of the molecule is C[C@@H](c1ccc(F)cc1)N(C)C(=O)c1ccc(-n2cncn2)c([N+](=O)[O-])c1. The van der Waals surface area contributed by atoms with Gasteiger partial charge in [0.2, 0.25) is 0 Å². The summed E-state index contributed by atoms with van der Waals surface area (Å²) in [5.41, 5.74) is 0.875. The molecule has 0 unspecified atom stereocenters. The van der Waals surface area contributed by atoms with Crippen LogP contribution in [-0.2, 0) is 0 Å². The fourth-order valence-corrected chi connectivity index (χ4v) is 2.67. The predicted molar refractivity (Wildman–Crippen MR) is 94.9 cm³/mol. The Morgan fingerprint density at radius 2 is 1.96 bits per heavy atom. The van der Waals surface area contributed by atoms with E-state index < -0.39 is 4.92 Å². The number of nitrogens with zero attached hydrogens (tertiary/aromatic N) is 5. The fraction of sp³-hybridized carbons (Fsp3) is 0.167. The van der Waals surface area contributed by atoms with E-state index in [4.69, 9.17) is 0 Å². The molecule has 0 fully saturated rings. The van der Waals surface area contributed by atoms with E-state index in [1.54, 1.807) is 26.1 Å². The van der Waals surface area contributed by atoms with Crippen molar-refractivity contribution >= 4 is 11.6 Å². The van der Waals surface area contributed by atoms with E-state index in [0.717, 1.165) is 5.56 Å². The second-order valence-corrected chi connectivity index (χ2v) is 5.94. The molecule has 9 heteroatoms. The summed E-state index contributed by atoms with van der Waals surface area (Å²) < 4.78 is 14.4. The summed E-state index contributed by atoms with van der Waals surface area (Å²) in [7, 11) is 1.59. The Kier molecular flexibility index (Phi) is 4.93. The molecule has 0 saturated heterocycles. The molecule has 0 aliphatic heterocycles. The average molecular weight is 369 g/mol. The maximum atomic E-state index is 13.1. The van der Waals surface area contributed by atoms with Gasteiger partial charge >= 0.3 is 0 Å². The van der Waals surface area contributed by atoms with Gasteiger partial charge < -0.3 is 4.90 Å². The minimum absolute atomic E-state index is 0.169. The van der Waals surface area contributed by atoms with Crippen LogP contribution in [0.4, 0.5) is 10.1 Å². The Labute approximate surface area is 154 Å². The zero-order valence-electron chi connectivity index (χ0n) is 14.6. The Morgan fingerprint density at radius 3 is 2.56 bits per heavy atom. The molecule has 1 aromatic heterocycles. The van der Waals surface area contributed by atoms with Gasteiger partial charge in [-0.2, -0.15) is 5.10 Å². The average Bonchev–Trinajstić information content (AvgIpc) is 3.21. The summed E-state index contributed by atoms with van der Waals surface area (Å²) in [6.07, 6.45) is 2.60. The minimum Gasteiger partial charge on any atom is -0.335 e. The number of benzene rings is 2. The first-order valence-corrected chi connectivity index (χ1v) is 8.04. The number of aromatic nitrogens is 3. The van der Waals surface area contributed by atoms with Crippen LogP contribution in [0.25, 0.3) is 5.69 Å². The lowest BCUT2D eigenvalue weighted by molar-refractivity contribution is -0.384. The number of nitro benzene ring substituents is 1. The third kappa shape index (κ3) is 3.66. The molecule has 2 aromatic carbocycles. The first kappa shape index (κ1) is 18.2. The van der Waals surface area contributed by atoms with Crippen molar-refractivity contribution in [1.29, 1.82) is 0 Å². The lowest BCUT2D eigenvalue weighted by Gasteiger charge is -2.25. The van der Waals surface area contributed by atoms with Crippen molar-refractivity contribution in [2.75, 3.05) is 7.05 Å². The largest absolute Gasteiger partial charge is 0.335 e. The number of hydrogen-bond donors (Lipinski definition) is 0. The maximum Gasteiger partial charge on any atom is 0.295 e. The van der Waals surface area contributed by atoms with Gasteiger partial charge in [-0.3, -0.25) is 14.9 Å². The van der Waals surface area contributed by atoms with Crippen molar-refractivity contribution in [3.63, 3.8) is 0 Å². The van der Waals surface area contributed by atoms with E-state index in [0.29, 0.717) is 0 Å². The lowest BCUT2D eigenvalue weighted by Crippen LogP contribution is -2.29. The van der Waals surface area contributed by atoms with Gasteiger partial charge in [0.05, 0.1) is 11.0 Å². The van der Waals surface area contributed by atoms with Crippen LogP contribution >= 0.6 is 0 Å². The molecule has 138 valence electrons. The summed E-state index contributed by atoms with van der Waals surface area (Å²) in [5.74, 6) is -0.751. The van der Waals surface area contributed by atoms with E-state index in [1.165, 1.54) is 52.6 Å². The number of rotatable bonds is 5. The summed E-state index contributed by atoms with van der Waals surface area (Å²) in [4.78, 5) is 28.9. The molecule has 3 aromatic rings. The number of halogens is 1. The fourth-order valence-electron chi connectivity index (χ4n) is 2.67. The summed E-state index contributed by atoms with van der Waals surface area (Å²) in [6.45, 7) is 1.79. The van der Waals surface area contributed by atoms with E-state index in [1.807, 2.05) is 0 Å². The molecule has 1 heterocycles. The second kappa shape index (κ2) is 7.32. The standard InChI is InChI=1S/C18H16FN5O3/c1-12(13-3-6-15(19)7-4-13)22(2)18(25)14-5-8-16(17(9-14)24(26)27)23-11-20-10-21-23/h3-12H,1-2H3/t12-/m0/s1. The molecular weight excluding hydrogens is 353 g/mol. The molecule has 8 nitrogen and oxygen atoms in total. The molecule has 0 radical (unpaired) electrons. The van der Waals surface area contributed by atoms with Gasteiger partial charge in [-0.15, -0.1) is 0 Å². The molecule has 0 saturated carbocycles. The highest BCUT2D eigenvalue weighted by Crippen LogP contribution is 2.26. The molecule has 0 N–H and O–H groups in total. The van der Waals surface area contributed by atoms with Crippen molar-refractivity contribution in [2.24, 2.45) is 0 Å². The topological polar surface area (TPSA) is 94.2 Å². The molecule has 0 spiro atoms. The second-order valence-electron chi connectivity index (χ2n) is 5.94. The Morgan fingerprint density at radius 1 is 1.26 bits per heavy atom. The Bertz CT molecular complexity index is 973. The molecule has 0 aliphatic carbocycles. The van der Waals surface area contributed by atoms with Crippen LogP contribution in [-0.4, -0.2) is 37.5 Å². The number of hydrogen-bond acceptors (Lipinski definition) is 5. The Hall–Kier alpha value is -3.62. The number of nitro groups is 1. The first-order valence-electron chi connectivity index (χ1n) is 8.04. The zero-order valence-corrected chi connectivity index (χ0v) is 14.6. The third-order valence-corrected chi connectivity index (χ3v) is 4.34. The van der Waals surface area contributed by atoms with Gasteiger partial charge in [-0.05, 0) is 36.8 Å². The van der Waals surface area contributed by atoms with Crippen LogP contribution in [0, 0.1) is 15.9 Å². The van der Waals surface area contributed by atoms with Crippen LogP contribution in [0.3, 0.4) is 0 Å². The van der Waals surface area contributed by atoms with E-state index >= 15 is 0 Å². The minimum atomic E-state index is -0.572. The zero-order chi connectivity index (χ0) is 19.6. The first-order chi connectivity index (χ1) is 12.9. The van der Waals surface area contributed by atoms with Gasteiger partial charge in [-0.25, -0.2) is 14.1 Å². The number of amides is 1. The molecule has 27 heavy (non-hydrogen) atoms. The molecular formula is C18H16FN5O3. The Balaban J connectivity index is 1.91. The summed E-state index contributed by atoms with van der Waals surface area (Å²) in [6, 6.07) is 9.67. The van der Waals surface area contributed by atoms with Crippen LogP contribution in [0.1, 0.15) is 28.9 Å². The summed E-state index contributed by atoms with van der Waals surface area (Å²) >= 11 is 0. The van der Waals surface area contributed by atoms with Crippen LogP contribution in [0.15, 0.2) is 55.1 Å². The van der Waals surface area contributed by atoms with Crippen LogP contribution < -0.4 is 0 Å². The van der Waals surface area contributed by atoms with E-state index in [9.17, 15) is 19.3 Å². The smallest absolute Gasteiger partial charge is 0.295 e. The quantitative estimate of drug-likeness (QED) is 0.509. The van der Waals surface area contributed by atoms with Gasteiger partial charge in [0.15, 0.2) is 0 Å². The molecule has 0 aliphatic rings. The number of carbonyl (C=O) groups is 1. The predicted octanol–water partition coefficient (Wildman–Crippen LogP) is 3.15. The highest BCUT2D eigenvalue weighted by molar-refractivity contribution is 5.95. The normalized spacial score (nSPS) is 11.8. The van der Waals surface area contributed by atoms with Crippen molar-refractivity contribution < 1.29 is 14.1 Å². The molecule has 0 bridgehead atoms. The van der Waals surface area contributed by atoms with Crippen LogP contribution in [0.5, 0.6) is 0 Å². The maximum absolute atomic E-state index is 13.1. The van der Waals surface area contributed by atoms with Gasteiger partial charge in [0.1, 0.15) is 24.2 Å². The van der Waals surface area contributed by atoms with Gasteiger partial charge in [0.25, 0.3) is 11.6 Å². The van der Waals surface area contributed by atoms with Crippen LogP contribution in [0.2, 0.25) is 0 Å². The molecule has 1 atom stereocenters. The highest BCUT2D eigenvalue weighted by atomic mass is 19.1. The van der Waals surface area contributed by atoms with E-state index in [2.05, 4.69) is 10.1 Å². The molecule has 1 amide bonds. The van der Waals surface area contributed by atoms with E-state index in [-0.39, 0.29) is 34.7 Å². The third-order valence-electron chi connectivity index (χ3n) is 4.34.